The Morgan fingerprint density at radius 1 is 1.14 bits per heavy atom. The monoisotopic (exact) mass is 557 g/mol. The van der Waals surface area contributed by atoms with E-state index < -0.39 is 16.1 Å². The zero-order valence-corrected chi connectivity index (χ0v) is 23.3. The molecule has 0 fully saturated rings. The summed E-state index contributed by atoms with van der Waals surface area (Å²) in [5.41, 5.74) is 1.06. The van der Waals surface area contributed by atoms with Gasteiger partial charge in [-0.15, -0.1) is 0 Å². The van der Waals surface area contributed by atoms with E-state index in [9.17, 15) is 18.0 Å². The Bertz CT molecular complexity index is 1160. The predicted octanol–water partition coefficient (Wildman–Crippen LogP) is 4.49. The van der Waals surface area contributed by atoms with E-state index in [4.69, 9.17) is 27.9 Å². The van der Waals surface area contributed by atoms with Gasteiger partial charge in [-0.1, -0.05) is 42.3 Å². The summed E-state index contributed by atoms with van der Waals surface area (Å²) in [4.78, 5) is 27.5. The molecule has 1 atom stereocenters. The molecular weight excluding hydrogens is 525 g/mol. The third-order valence-electron chi connectivity index (χ3n) is 5.53. The summed E-state index contributed by atoms with van der Waals surface area (Å²) < 4.78 is 31.4. The number of rotatable bonds is 13. The minimum absolute atomic E-state index is 0.0219. The zero-order valence-electron chi connectivity index (χ0n) is 21.0. The number of ether oxygens (including phenoxy) is 1. The molecule has 2 aromatic carbocycles. The average Bonchev–Trinajstić information content (AvgIpc) is 2.84. The van der Waals surface area contributed by atoms with Crippen LogP contribution in [0.3, 0.4) is 0 Å². The standard InChI is InChI=1S/C25H33Cl2N3O5S/c1-5-13-28-25(32)18(2)29(17-19-8-6-9-21(15-19)35-3)24(31)10-7-14-30(36(4,33)34)23-16-20(26)11-12-22(23)27/h6,8-9,11-12,15-16,18H,5,7,10,13-14,17H2,1-4H3,(H,28,32). The van der Waals surface area contributed by atoms with Crippen molar-refractivity contribution in [1.82, 2.24) is 10.2 Å². The molecule has 0 aliphatic heterocycles. The summed E-state index contributed by atoms with van der Waals surface area (Å²) in [5.74, 6) is 0.115. The third kappa shape index (κ3) is 8.57. The molecular formula is C25H33Cl2N3O5S. The van der Waals surface area contributed by atoms with Crippen LogP contribution in [0.15, 0.2) is 42.5 Å². The molecule has 0 saturated heterocycles. The lowest BCUT2D eigenvalue weighted by atomic mass is 10.1. The van der Waals surface area contributed by atoms with Gasteiger partial charge in [0, 0.05) is 31.1 Å². The summed E-state index contributed by atoms with van der Waals surface area (Å²) in [6.45, 7) is 4.36. The second-order valence-corrected chi connectivity index (χ2v) is 11.1. The van der Waals surface area contributed by atoms with Gasteiger partial charge in [0.05, 0.1) is 24.1 Å². The quantitative estimate of drug-likeness (QED) is 0.391. The van der Waals surface area contributed by atoms with Crippen LogP contribution in [0.2, 0.25) is 10.0 Å². The maximum atomic E-state index is 13.3. The third-order valence-corrected chi connectivity index (χ3v) is 7.27. The Kier molecular flexibility index (Phi) is 11.3. The Morgan fingerprint density at radius 2 is 1.86 bits per heavy atom. The molecule has 0 aliphatic rings. The highest BCUT2D eigenvalue weighted by Crippen LogP contribution is 2.31. The molecule has 0 bridgehead atoms. The van der Waals surface area contributed by atoms with Gasteiger partial charge in [-0.2, -0.15) is 0 Å². The van der Waals surface area contributed by atoms with E-state index >= 15 is 0 Å². The van der Waals surface area contributed by atoms with Crippen molar-refractivity contribution >= 4 is 50.7 Å². The number of amides is 2. The number of hydrogen-bond acceptors (Lipinski definition) is 5. The number of halogens is 2. The number of carbonyl (C=O) groups excluding carboxylic acids is 2. The van der Waals surface area contributed by atoms with Gasteiger partial charge in [0.2, 0.25) is 21.8 Å². The second kappa shape index (κ2) is 13.7. The van der Waals surface area contributed by atoms with Crippen LogP contribution in [0.1, 0.15) is 38.7 Å². The van der Waals surface area contributed by atoms with Gasteiger partial charge in [-0.05, 0) is 55.7 Å². The first-order valence-electron chi connectivity index (χ1n) is 11.6. The van der Waals surface area contributed by atoms with Crippen molar-refractivity contribution in [3.63, 3.8) is 0 Å². The minimum Gasteiger partial charge on any atom is -0.497 e. The Labute approximate surface area is 223 Å². The fraction of sp³-hybridized carbons (Fsp3) is 0.440. The van der Waals surface area contributed by atoms with Crippen LogP contribution in [-0.4, -0.2) is 57.6 Å². The molecule has 36 heavy (non-hydrogen) atoms. The molecule has 2 amide bonds. The fourth-order valence-electron chi connectivity index (χ4n) is 3.61. The van der Waals surface area contributed by atoms with Crippen LogP contribution in [0.5, 0.6) is 5.75 Å². The van der Waals surface area contributed by atoms with Gasteiger partial charge in [0.1, 0.15) is 11.8 Å². The Balaban J connectivity index is 2.21. The highest BCUT2D eigenvalue weighted by Gasteiger charge is 2.27. The van der Waals surface area contributed by atoms with Crippen LogP contribution < -0.4 is 14.4 Å². The van der Waals surface area contributed by atoms with Crippen molar-refractivity contribution < 1.29 is 22.7 Å². The molecule has 2 rings (SSSR count). The van der Waals surface area contributed by atoms with Crippen molar-refractivity contribution in [2.45, 2.75) is 45.7 Å². The molecule has 0 aromatic heterocycles. The minimum atomic E-state index is -3.68. The van der Waals surface area contributed by atoms with E-state index in [2.05, 4.69) is 5.32 Å². The van der Waals surface area contributed by atoms with Crippen LogP contribution in [-0.2, 0) is 26.2 Å². The van der Waals surface area contributed by atoms with Gasteiger partial charge < -0.3 is 15.0 Å². The Hall–Kier alpha value is -2.49. The number of nitrogens with zero attached hydrogens (tertiary/aromatic N) is 2. The fourth-order valence-corrected chi connectivity index (χ4v) is 5.01. The van der Waals surface area contributed by atoms with E-state index in [1.54, 1.807) is 26.2 Å². The summed E-state index contributed by atoms with van der Waals surface area (Å²) >= 11 is 12.3. The molecule has 0 radical (unpaired) electrons. The van der Waals surface area contributed by atoms with Crippen LogP contribution >= 0.6 is 23.2 Å². The largest absolute Gasteiger partial charge is 0.497 e. The first-order chi connectivity index (χ1) is 17.0. The molecule has 1 N–H and O–H groups in total. The first kappa shape index (κ1) is 29.7. The van der Waals surface area contributed by atoms with Gasteiger partial charge >= 0.3 is 0 Å². The maximum absolute atomic E-state index is 13.3. The molecule has 0 heterocycles. The van der Waals surface area contributed by atoms with Gasteiger partial charge in [-0.25, -0.2) is 8.42 Å². The zero-order chi connectivity index (χ0) is 26.9. The highest BCUT2D eigenvalue weighted by molar-refractivity contribution is 7.92. The van der Waals surface area contributed by atoms with Gasteiger partial charge in [0.25, 0.3) is 0 Å². The van der Waals surface area contributed by atoms with Crippen molar-refractivity contribution in [2.24, 2.45) is 0 Å². The van der Waals surface area contributed by atoms with E-state index in [0.29, 0.717) is 17.3 Å². The smallest absolute Gasteiger partial charge is 0.242 e. The van der Waals surface area contributed by atoms with Crippen molar-refractivity contribution in [2.75, 3.05) is 30.8 Å². The number of sulfonamides is 1. The second-order valence-electron chi connectivity index (χ2n) is 8.37. The van der Waals surface area contributed by atoms with Crippen molar-refractivity contribution in [3.8, 4) is 5.75 Å². The highest BCUT2D eigenvalue weighted by atomic mass is 35.5. The van der Waals surface area contributed by atoms with E-state index in [-0.39, 0.29) is 48.5 Å². The van der Waals surface area contributed by atoms with Crippen molar-refractivity contribution in [3.05, 3.63) is 58.1 Å². The molecule has 198 valence electrons. The summed E-state index contributed by atoms with van der Waals surface area (Å²) in [5, 5.41) is 3.41. The topological polar surface area (TPSA) is 96.0 Å². The van der Waals surface area contributed by atoms with Crippen molar-refractivity contribution in [1.29, 1.82) is 0 Å². The number of carbonyl (C=O) groups is 2. The average molecular weight is 559 g/mol. The van der Waals surface area contributed by atoms with Crippen LogP contribution in [0.4, 0.5) is 5.69 Å². The van der Waals surface area contributed by atoms with Crippen LogP contribution in [0, 0.1) is 0 Å². The number of nitrogens with one attached hydrogen (secondary N) is 1. The van der Waals surface area contributed by atoms with Crippen LogP contribution in [0.25, 0.3) is 0 Å². The molecule has 0 saturated carbocycles. The summed E-state index contributed by atoms with van der Waals surface area (Å²) in [6, 6.07) is 11.1. The summed E-state index contributed by atoms with van der Waals surface area (Å²) in [7, 11) is -2.13. The van der Waals surface area contributed by atoms with Gasteiger partial charge in [-0.3, -0.25) is 13.9 Å². The summed E-state index contributed by atoms with van der Waals surface area (Å²) in [6.07, 6.45) is 2.09. The molecule has 0 aliphatic carbocycles. The Morgan fingerprint density at radius 3 is 2.50 bits per heavy atom. The van der Waals surface area contributed by atoms with E-state index in [1.807, 2.05) is 25.1 Å². The lowest BCUT2D eigenvalue weighted by Crippen LogP contribution is -2.47. The molecule has 1 unspecified atom stereocenters. The number of methoxy groups -OCH3 is 1. The SMILES string of the molecule is CCCNC(=O)C(C)N(Cc1cccc(OC)c1)C(=O)CCCN(c1cc(Cl)ccc1Cl)S(C)(=O)=O. The van der Waals surface area contributed by atoms with E-state index in [0.717, 1.165) is 22.5 Å². The molecule has 11 heteroatoms. The number of benzene rings is 2. The normalized spacial score (nSPS) is 12.1. The lowest BCUT2D eigenvalue weighted by Gasteiger charge is -2.29. The number of anilines is 1. The predicted molar refractivity (Wildman–Crippen MR) is 144 cm³/mol. The molecule has 0 spiro atoms. The molecule has 8 nitrogen and oxygen atoms in total. The van der Waals surface area contributed by atoms with E-state index in [1.165, 1.54) is 17.0 Å². The maximum Gasteiger partial charge on any atom is 0.242 e. The molecule has 2 aromatic rings. The lowest BCUT2D eigenvalue weighted by molar-refractivity contribution is -0.140. The number of hydrogen-bond donors (Lipinski definition) is 1. The first-order valence-corrected chi connectivity index (χ1v) is 14.2. The van der Waals surface area contributed by atoms with Gasteiger partial charge in [0.15, 0.2) is 0 Å².